The average Bonchev–Trinajstić information content (AvgIpc) is 3.05. The molecule has 6 rings (SSSR count). The molecule has 4 fully saturated rings. The molecule has 2 N–H and O–H groups in total. The van der Waals surface area contributed by atoms with E-state index in [-0.39, 0.29) is 11.4 Å². The van der Waals surface area contributed by atoms with Crippen molar-refractivity contribution in [2.24, 2.45) is 17.3 Å². The van der Waals surface area contributed by atoms with Crippen LogP contribution in [0.2, 0.25) is 0 Å². The summed E-state index contributed by atoms with van der Waals surface area (Å²) in [5, 5.41) is 7.76. The van der Waals surface area contributed by atoms with Crippen LogP contribution in [-0.2, 0) is 17.9 Å². The number of benzene rings is 1. The fourth-order valence-corrected chi connectivity index (χ4v) is 8.09. The van der Waals surface area contributed by atoms with Gasteiger partial charge >= 0.3 is 0 Å². The summed E-state index contributed by atoms with van der Waals surface area (Å²) in [6.45, 7) is 5.51. The Morgan fingerprint density at radius 1 is 1.11 bits per heavy atom. The standard InChI is InChI=1S/C23H31N3O/c1-2-3-8-24-21-10-18-9-19-11-22(15-21,23(18,19)21)25-12-20(27)26-13-16-6-4-5-7-17(16)14-26/h4-7,18-19,24-25H,2-3,8-15H2,1H3. The molecule has 5 unspecified atom stereocenters. The van der Waals surface area contributed by atoms with Crippen LogP contribution >= 0.6 is 0 Å². The van der Waals surface area contributed by atoms with Gasteiger partial charge in [-0.25, -0.2) is 0 Å². The summed E-state index contributed by atoms with van der Waals surface area (Å²) in [6, 6.07) is 8.45. The summed E-state index contributed by atoms with van der Waals surface area (Å²) < 4.78 is 0. The monoisotopic (exact) mass is 365 g/mol. The molecule has 1 amide bonds. The van der Waals surface area contributed by atoms with Crippen molar-refractivity contribution in [3.8, 4) is 0 Å². The number of carbonyl (C=O) groups is 1. The van der Waals surface area contributed by atoms with E-state index in [9.17, 15) is 4.79 Å². The van der Waals surface area contributed by atoms with Gasteiger partial charge in [-0.1, -0.05) is 37.6 Å². The van der Waals surface area contributed by atoms with Crippen molar-refractivity contribution < 1.29 is 4.79 Å². The molecule has 1 aromatic carbocycles. The van der Waals surface area contributed by atoms with Crippen molar-refractivity contribution >= 4 is 5.91 Å². The van der Waals surface area contributed by atoms with E-state index in [2.05, 4.69) is 41.8 Å². The van der Waals surface area contributed by atoms with Crippen molar-refractivity contribution in [3.05, 3.63) is 35.4 Å². The quantitative estimate of drug-likeness (QED) is 0.731. The maximum atomic E-state index is 12.9. The fraction of sp³-hybridized carbons (Fsp3) is 0.696. The summed E-state index contributed by atoms with van der Waals surface area (Å²) in [5.74, 6) is 2.10. The summed E-state index contributed by atoms with van der Waals surface area (Å²) in [5.41, 5.74) is 3.80. The van der Waals surface area contributed by atoms with Crippen LogP contribution in [0.5, 0.6) is 0 Å². The first-order chi connectivity index (χ1) is 13.1. The first kappa shape index (κ1) is 16.6. The van der Waals surface area contributed by atoms with Crippen LogP contribution < -0.4 is 10.6 Å². The van der Waals surface area contributed by atoms with Gasteiger partial charge in [0.1, 0.15) is 0 Å². The molecule has 4 aliphatic carbocycles. The second kappa shape index (κ2) is 5.36. The van der Waals surface area contributed by atoms with E-state index in [0.29, 0.717) is 17.5 Å². The van der Waals surface area contributed by atoms with Crippen molar-refractivity contribution in [2.45, 2.75) is 69.6 Å². The zero-order valence-electron chi connectivity index (χ0n) is 16.4. The van der Waals surface area contributed by atoms with Crippen molar-refractivity contribution in [3.63, 3.8) is 0 Å². The van der Waals surface area contributed by atoms with Crippen molar-refractivity contribution in [1.82, 2.24) is 15.5 Å². The number of unbranched alkanes of at least 4 members (excludes halogenated alkanes) is 1. The lowest BCUT2D eigenvalue weighted by Gasteiger charge is -2.95. The highest BCUT2D eigenvalue weighted by Gasteiger charge is 2.93. The maximum absolute atomic E-state index is 12.9. The fourth-order valence-electron chi connectivity index (χ4n) is 8.09. The number of hydrogen-bond acceptors (Lipinski definition) is 3. The Morgan fingerprint density at radius 3 is 2.41 bits per heavy atom. The van der Waals surface area contributed by atoms with Gasteiger partial charge in [0.2, 0.25) is 5.91 Å². The summed E-state index contributed by atoms with van der Waals surface area (Å²) in [4.78, 5) is 14.9. The Kier molecular flexibility index (Phi) is 3.28. The largest absolute Gasteiger partial charge is 0.333 e. The molecule has 5 aliphatic rings. The number of fused-ring (bicyclic) bond motifs is 1. The number of hydrogen-bond donors (Lipinski definition) is 2. The SMILES string of the molecule is CCCCNC12CC3CC4CC(NCC(=O)N5Cc6ccccc6C5)(C1)C342. The number of nitrogens with zero attached hydrogens (tertiary/aromatic N) is 1. The molecule has 27 heavy (non-hydrogen) atoms. The van der Waals surface area contributed by atoms with Gasteiger partial charge in [-0.05, 0) is 61.6 Å². The third kappa shape index (κ3) is 1.80. The van der Waals surface area contributed by atoms with Crippen LogP contribution in [0.3, 0.4) is 0 Å². The molecule has 0 radical (unpaired) electrons. The molecule has 4 saturated carbocycles. The van der Waals surface area contributed by atoms with Crippen molar-refractivity contribution in [1.29, 1.82) is 0 Å². The van der Waals surface area contributed by atoms with E-state index in [1.807, 2.05) is 4.90 Å². The Labute approximate surface area is 162 Å². The lowest BCUT2D eigenvalue weighted by molar-refractivity contribution is -0.415. The molecule has 144 valence electrons. The zero-order valence-corrected chi connectivity index (χ0v) is 16.4. The Bertz CT molecular complexity index is 778. The minimum atomic E-state index is 0.264. The highest BCUT2D eigenvalue weighted by Crippen LogP contribution is 2.90. The molecule has 4 heteroatoms. The topological polar surface area (TPSA) is 44.4 Å². The summed E-state index contributed by atoms with van der Waals surface area (Å²) >= 11 is 0. The van der Waals surface area contributed by atoms with E-state index >= 15 is 0 Å². The molecule has 5 atom stereocenters. The second-order valence-corrected chi connectivity index (χ2v) is 9.90. The van der Waals surface area contributed by atoms with Gasteiger partial charge < -0.3 is 15.5 Å². The normalized spacial score (nSPS) is 42.0. The van der Waals surface area contributed by atoms with Gasteiger partial charge in [0.15, 0.2) is 0 Å². The minimum absolute atomic E-state index is 0.264. The number of nitrogens with one attached hydrogen (secondary N) is 2. The van der Waals surface area contributed by atoms with E-state index in [1.54, 1.807) is 0 Å². The maximum Gasteiger partial charge on any atom is 0.237 e. The lowest BCUT2D eigenvalue weighted by atomic mass is 9.13. The molecule has 1 spiro atoms. The number of amides is 1. The Hall–Kier alpha value is -1.39. The first-order valence-electron chi connectivity index (χ1n) is 11.0. The van der Waals surface area contributed by atoms with Gasteiger partial charge in [0.05, 0.1) is 6.54 Å². The van der Waals surface area contributed by atoms with Crippen LogP contribution in [0.25, 0.3) is 0 Å². The molecule has 1 aliphatic heterocycles. The lowest BCUT2D eigenvalue weighted by Crippen LogP contribution is -3.02. The molecule has 0 aromatic heterocycles. The van der Waals surface area contributed by atoms with Gasteiger partial charge in [0, 0.05) is 29.6 Å². The molecular formula is C23H31N3O. The van der Waals surface area contributed by atoms with Crippen LogP contribution in [0.1, 0.15) is 56.6 Å². The Morgan fingerprint density at radius 2 is 1.78 bits per heavy atom. The van der Waals surface area contributed by atoms with Crippen molar-refractivity contribution in [2.75, 3.05) is 13.1 Å². The summed E-state index contributed by atoms with van der Waals surface area (Å²) in [6.07, 6.45) is 7.90. The molecule has 4 nitrogen and oxygen atoms in total. The molecule has 1 aromatic rings. The van der Waals surface area contributed by atoms with E-state index < -0.39 is 0 Å². The third-order valence-electron chi connectivity index (χ3n) is 9.00. The Balaban J connectivity index is 1.10. The third-order valence-corrected chi connectivity index (χ3v) is 9.00. The predicted octanol–water partition coefficient (Wildman–Crippen LogP) is 2.82. The van der Waals surface area contributed by atoms with Crippen LogP contribution in [-0.4, -0.2) is 35.0 Å². The predicted molar refractivity (Wildman–Crippen MR) is 105 cm³/mol. The number of carbonyl (C=O) groups excluding carboxylic acids is 1. The molecule has 1 heterocycles. The smallest absolute Gasteiger partial charge is 0.237 e. The van der Waals surface area contributed by atoms with Gasteiger partial charge in [-0.3, -0.25) is 4.79 Å². The van der Waals surface area contributed by atoms with Crippen LogP contribution in [0.15, 0.2) is 24.3 Å². The molecule has 0 bridgehead atoms. The van der Waals surface area contributed by atoms with Gasteiger partial charge in [0.25, 0.3) is 0 Å². The highest BCUT2D eigenvalue weighted by atomic mass is 16.2. The zero-order chi connectivity index (χ0) is 18.3. The second-order valence-electron chi connectivity index (χ2n) is 9.90. The van der Waals surface area contributed by atoms with E-state index in [1.165, 1.54) is 56.2 Å². The van der Waals surface area contributed by atoms with Gasteiger partial charge in [-0.2, -0.15) is 0 Å². The van der Waals surface area contributed by atoms with Gasteiger partial charge in [-0.15, -0.1) is 0 Å². The summed E-state index contributed by atoms with van der Waals surface area (Å²) in [7, 11) is 0. The minimum Gasteiger partial charge on any atom is -0.333 e. The highest BCUT2D eigenvalue weighted by molar-refractivity contribution is 5.79. The van der Waals surface area contributed by atoms with E-state index in [4.69, 9.17) is 0 Å². The molecule has 0 saturated heterocycles. The van der Waals surface area contributed by atoms with Crippen LogP contribution in [0.4, 0.5) is 0 Å². The average molecular weight is 366 g/mol. The molecular weight excluding hydrogens is 334 g/mol. The first-order valence-corrected chi connectivity index (χ1v) is 11.0. The van der Waals surface area contributed by atoms with Crippen LogP contribution in [0, 0.1) is 17.3 Å². The number of rotatable bonds is 7. The van der Waals surface area contributed by atoms with E-state index in [0.717, 1.165) is 24.9 Å².